The van der Waals surface area contributed by atoms with Crippen LogP contribution >= 0.6 is 0 Å². The fourth-order valence-electron chi connectivity index (χ4n) is 2.13. The summed E-state index contributed by atoms with van der Waals surface area (Å²) in [5.41, 5.74) is 3.49. The Morgan fingerprint density at radius 3 is 2.50 bits per heavy atom. The Kier molecular flexibility index (Phi) is 3.67. The predicted octanol–water partition coefficient (Wildman–Crippen LogP) is 2.05. The van der Waals surface area contributed by atoms with Crippen molar-refractivity contribution in [2.45, 2.75) is 13.0 Å². The molecule has 0 amide bonds. The third-order valence-electron chi connectivity index (χ3n) is 3.14. The first kappa shape index (κ1) is 12.6. The monoisotopic (exact) mass is 245 g/mol. The third kappa shape index (κ3) is 2.24. The van der Waals surface area contributed by atoms with E-state index in [9.17, 15) is 0 Å². The minimum atomic E-state index is 0.0769. The first-order valence-corrected chi connectivity index (χ1v) is 5.97. The maximum atomic E-state index is 5.37. The Labute approximate surface area is 108 Å². The molecule has 1 aromatic heterocycles. The van der Waals surface area contributed by atoms with Crippen LogP contribution < -0.4 is 10.1 Å². The summed E-state index contributed by atoms with van der Waals surface area (Å²) in [5, 5.41) is 7.57. The topological polar surface area (TPSA) is 39.1 Å². The summed E-state index contributed by atoms with van der Waals surface area (Å²) < 4.78 is 7.22. The van der Waals surface area contributed by atoms with Crippen LogP contribution in [0, 0.1) is 6.92 Å². The van der Waals surface area contributed by atoms with Crippen molar-refractivity contribution < 1.29 is 4.74 Å². The lowest BCUT2D eigenvalue weighted by molar-refractivity contribution is 0.402. The van der Waals surface area contributed by atoms with Gasteiger partial charge in [0, 0.05) is 7.05 Å². The first-order chi connectivity index (χ1) is 8.67. The summed E-state index contributed by atoms with van der Waals surface area (Å²) in [6, 6.07) is 8.56. The minimum Gasteiger partial charge on any atom is -0.493 e. The van der Waals surface area contributed by atoms with Gasteiger partial charge in [-0.25, -0.2) is 0 Å². The molecule has 0 aliphatic heterocycles. The molecule has 1 N–H and O–H groups in total. The van der Waals surface area contributed by atoms with Crippen LogP contribution in [0.2, 0.25) is 0 Å². The number of hydrogen-bond acceptors (Lipinski definition) is 3. The highest BCUT2D eigenvalue weighted by molar-refractivity contribution is 5.37. The van der Waals surface area contributed by atoms with E-state index >= 15 is 0 Å². The van der Waals surface area contributed by atoms with E-state index in [1.54, 1.807) is 13.3 Å². The summed E-state index contributed by atoms with van der Waals surface area (Å²) in [5.74, 6) is 0.803. The van der Waals surface area contributed by atoms with Crippen molar-refractivity contribution in [2.75, 3.05) is 14.2 Å². The van der Waals surface area contributed by atoms with Gasteiger partial charge in [-0.1, -0.05) is 29.8 Å². The van der Waals surface area contributed by atoms with Gasteiger partial charge in [0.15, 0.2) is 5.75 Å². The highest BCUT2D eigenvalue weighted by Crippen LogP contribution is 2.29. The summed E-state index contributed by atoms with van der Waals surface area (Å²) in [6.45, 7) is 2.09. The molecule has 1 atom stereocenters. The van der Waals surface area contributed by atoms with E-state index in [1.807, 2.05) is 18.8 Å². The lowest BCUT2D eigenvalue weighted by Crippen LogP contribution is -2.21. The first-order valence-electron chi connectivity index (χ1n) is 5.97. The lowest BCUT2D eigenvalue weighted by atomic mass is 10.0. The van der Waals surface area contributed by atoms with E-state index in [1.165, 1.54) is 11.1 Å². The maximum Gasteiger partial charge on any atom is 0.161 e. The minimum absolute atomic E-state index is 0.0769. The molecule has 2 rings (SSSR count). The second kappa shape index (κ2) is 5.23. The Bertz CT molecular complexity index is 516. The number of rotatable bonds is 4. The number of methoxy groups -OCH3 is 1. The van der Waals surface area contributed by atoms with Crippen LogP contribution in [0.3, 0.4) is 0 Å². The molecule has 4 nitrogen and oxygen atoms in total. The quantitative estimate of drug-likeness (QED) is 0.896. The van der Waals surface area contributed by atoms with Gasteiger partial charge in [-0.3, -0.25) is 4.68 Å². The van der Waals surface area contributed by atoms with E-state index in [2.05, 4.69) is 41.6 Å². The lowest BCUT2D eigenvalue weighted by Gasteiger charge is -2.18. The maximum absolute atomic E-state index is 5.37. The number of nitrogens with zero attached hydrogens (tertiary/aromatic N) is 2. The zero-order chi connectivity index (χ0) is 13.1. The van der Waals surface area contributed by atoms with E-state index in [-0.39, 0.29) is 6.04 Å². The Morgan fingerprint density at radius 1 is 1.28 bits per heavy atom. The van der Waals surface area contributed by atoms with Crippen molar-refractivity contribution in [3.63, 3.8) is 0 Å². The third-order valence-corrected chi connectivity index (χ3v) is 3.14. The fourth-order valence-corrected chi connectivity index (χ4v) is 2.13. The van der Waals surface area contributed by atoms with Crippen LogP contribution in [0.4, 0.5) is 0 Å². The summed E-state index contributed by atoms with van der Waals surface area (Å²) >= 11 is 0. The average Bonchev–Trinajstić information content (AvgIpc) is 2.74. The number of aromatic nitrogens is 2. The van der Waals surface area contributed by atoms with Gasteiger partial charge in [0.2, 0.25) is 0 Å². The van der Waals surface area contributed by atoms with Gasteiger partial charge in [0.05, 0.1) is 19.3 Å². The van der Waals surface area contributed by atoms with Crippen molar-refractivity contribution in [3.8, 4) is 5.75 Å². The molecule has 18 heavy (non-hydrogen) atoms. The molecule has 0 saturated heterocycles. The molecule has 1 heterocycles. The zero-order valence-electron chi connectivity index (χ0n) is 11.3. The molecule has 96 valence electrons. The fraction of sp³-hybridized carbons (Fsp3) is 0.357. The van der Waals surface area contributed by atoms with Crippen LogP contribution in [0.5, 0.6) is 5.75 Å². The predicted molar refractivity (Wildman–Crippen MR) is 71.8 cm³/mol. The van der Waals surface area contributed by atoms with Crippen LogP contribution in [-0.2, 0) is 7.05 Å². The van der Waals surface area contributed by atoms with Crippen molar-refractivity contribution in [3.05, 3.63) is 47.3 Å². The van der Waals surface area contributed by atoms with Crippen LogP contribution in [0.1, 0.15) is 22.9 Å². The molecular formula is C14H19N3O. The van der Waals surface area contributed by atoms with Gasteiger partial charge < -0.3 is 10.1 Å². The molecule has 0 bridgehead atoms. The Hall–Kier alpha value is -1.81. The normalized spacial score (nSPS) is 12.4. The number of ether oxygens (including phenoxy) is 1. The Morgan fingerprint density at radius 2 is 1.94 bits per heavy atom. The van der Waals surface area contributed by atoms with Gasteiger partial charge in [0.1, 0.15) is 5.69 Å². The smallest absolute Gasteiger partial charge is 0.161 e. The number of benzene rings is 1. The SMILES string of the molecule is CNC(c1ccc(C)cc1)c1c(OC)cnn1C. The summed E-state index contributed by atoms with van der Waals surface area (Å²) in [7, 11) is 5.54. The molecule has 0 saturated carbocycles. The summed E-state index contributed by atoms with van der Waals surface area (Å²) in [4.78, 5) is 0. The van der Waals surface area contributed by atoms with Gasteiger partial charge in [-0.15, -0.1) is 0 Å². The highest BCUT2D eigenvalue weighted by Gasteiger charge is 2.20. The molecule has 0 fully saturated rings. The molecule has 2 aromatic rings. The molecular weight excluding hydrogens is 226 g/mol. The van der Waals surface area contributed by atoms with E-state index in [0.29, 0.717) is 0 Å². The largest absolute Gasteiger partial charge is 0.493 e. The van der Waals surface area contributed by atoms with E-state index < -0.39 is 0 Å². The number of hydrogen-bond donors (Lipinski definition) is 1. The molecule has 0 radical (unpaired) electrons. The molecule has 1 unspecified atom stereocenters. The van der Waals surface area contributed by atoms with Crippen LogP contribution in [0.15, 0.2) is 30.5 Å². The molecule has 0 aliphatic rings. The van der Waals surface area contributed by atoms with Crippen molar-refractivity contribution in [2.24, 2.45) is 7.05 Å². The summed E-state index contributed by atoms with van der Waals surface area (Å²) in [6.07, 6.45) is 1.74. The zero-order valence-corrected chi connectivity index (χ0v) is 11.3. The van der Waals surface area contributed by atoms with Gasteiger partial charge in [-0.05, 0) is 19.5 Å². The average molecular weight is 245 g/mol. The standard InChI is InChI=1S/C14H19N3O/c1-10-5-7-11(8-6-10)13(15-2)14-12(18-4)9-16-17(14)3/h5-9,13,15H,1-4H3. The molecule has 0 spiro atoms. The van der Waals surface area contributed by atoms with Crippen molar-refractivity contribution >= 4 is 0 Å². The molecule has 1 aromatic carbocycles. The van der Waals surface area contributed by atoms with Gasteiger partial charge in [0.25, 0.3) is 0 Å². The second-order valence-electron chi connectivity index (χ2n) is 4.35. The van der Waals surface area contributed by atoms with Crippen molar-refractivity contribution in [1.82, 2.24) is 15.1 Å². The Balaban J connectivity index is 2.44. The second-order valence-corrected chi connectivity index (χ2v) is 4.35. The van der Waals surface area contributed by atoms with Gasteiger partial charge in [-0.2, -0.15) is 5.10 Å². The van der Waals surface area contributed by atoms with Crippen LogP contribution in [-0.4, -0.2) is 23.9 Å². The van der Waals surface area contributed by atoms with Crippen LogP contribution in [0.25, 0.3) is 0 Å². The highest BCUT2D eigenvalue weighted by atomic mass is 16.5. The van der Waals surface area contributed by atoms with Crippen molar-refractivity contribution in [1.29, 1.82) is 0 Å². The number of aryl methyl sites for hydroxylation is 2. The van der Waals surface area contributed by atoms with E-state index in [0.717, 1.165) is 11.4 Å². The number of nitrogens with one attached hydrogen (secondary N) is 1. The molecule has 0 aliphatic carbocycles. The van der Waals surface area contributed by atoms with Gasteiger partial charge >= 0.3 is 0 Å². The van der Waals surface area contributed by atoms with E-state index in [4.69, 9.17) is 4.74 Å². The molecule has 4 heteroatoms.